The first-order valence-corrected chi connectivity index (χ1v) is 7.45. The summed E-state index contributed by atoms with van der Waals surface area (Å²) >= 11 is 0. The third-order valence-corrected chi connectivity index (χ3v) is 3.51. The van der Waals surface area contributed by atoms with Crippen molar-refractivity contribution in [3.8, 4) is 0 Å². The number of aromatic nitrogens is 2. The molecule has 0 saturated heterocycles. The molecule has 3 aromatic rings. The van der Waals surface area contributed by atoms with Gasteiger partial charge in [-0.2, -0.15) is 0 Å². The van der Waals surface area contributed by atoms with Gasteiger partial charge in [-0.1, -0.05) is 12.1 Å². The predicted molar refractivity (Wildman–Crippen MR) is 90.3 cm³/mol. The Bertz CT molecular complexity index is 961. The Balaban J connectivity index is 1.58. The van der Waals surface area contributed by atoms with E-state index in [1.54, 1.807) is 24.3 Å². The number of amides is 1. The van der Waals surface area contributed by atoms with Crippen LogP contribution in [-0.2, 0) is 11.3 Å². The van der Waals surface area contributed by atoms with E-state index in [2.05, 4.69) is 15.3 Å². The number of carboxylic acids is 1. The van der Waals surface area contributed by atoms with Crippen molar-refractivity contribution >= 4 is 29.0 Å². The zero-order valence-electron chi connectivity index (χ0n) is 13.0. The van der Waals surface area contributed by atoms with Crippen LogP contribution in [-0.4, -0.2) is 27.0 Å². The summed E-state index contributed by atoms with van der Waals surface area (Å²) in [5.41, 5.74) is 2.08. The summed E-state index contributed by atoms with van der Waals surface area (Å²) < 4.78 is 13.1. The molecule has 25 heavy (non-hydrogen) atoms. The molecule has 0 aliphatic heterocycles. The molecule has 0 bridgehead atoms. The fourth-order valence-electron chi connectivity index (χ4n) is 2.26. The number of rotatable bonds is 5. The van der Waals surface area contributed by atoms with E-state index >= 15 is 0 Å². The topological polar surface area (TPSA) is 95.1 Å². The van der Waals surface area contributed by atoms with E-state index < -0.39 is 5.97 Å². The van der Waals surface area contributed by atoms with Crippen LogP contribution in [0.5, 0.6) is 0 Å². The van der Waals surface area contributed by atoms with Gasteiger partial charge in [-0.25, -0.2) is 14.2 Å². The average molecular weight is 339 g/mol. The van der Waals surface area contributed by atoms with E-state index in [4.69, 9.17) is 5.11 Å². The van der Waals surface area contributed by atoms with Crippen molar-refractivity contribution in [2.24, 2.45) is 0 Å². The molecule has 0 aliphatic rings. The summed E-state index contributed by atoms with van der Waals surface area (Å²) in [6.45, 7) is 0.178. The minimum Gasteiger partial charge on any atom is -0.478 e. The Morgan fingerprint density at radius 1 is 1.20 bits per heavy atom. The monoisotopic (exact) mass is 339 g/mol. The second-order valence-electron chi connectivity index (χ2n) is 5.32. The van der Waals surface area contributed by atoms with Gasteiger partial charge in [0.1, 0.15) is 11.6 Å². The number of imidazole rings is 1. The standard InChI is InChI=1S/C18H14FN3O3/c19-13-6-7-14-15(9-13)22-16(21-14)10-20-17(23)8-3-11-1-4-12(5-2-11)18(24)25/h1-9H,10H2,(H,20,23)(H,21,22)(H,24,25)/b8-3+. The van der Waals surface area contributed by atoms with Gasteiger partial charge in [-0.05, 0) is 42.0 Å². The summed E-state index contributed by atoms with van der Waals surface area (Å²) in [6, 6.07) is 10.4. The van der Waals surface area contributed by atoms with Crippen LogP contribution in [0.3, 0.4) is 0 Å². The molecule has 3 rings (SSSR count). The van der Waals surface area contributed by atoms with Gasteiger partial charge in [0, 0.05) is 6.08 Å². The van der Waals surface area contributed by atoms with Gasteiger partial charge in [0.25, 0.3) is 0 Å². The number of carboxylic acid groups (broad SMARTS) is 1. The summed E-state index contributed by atoms with van der Waals surface area (Å²) in [7, 11) is 0. The lowest BCUT2D eigenvalue weighted by Gasteiger charge is -1.99. The number of carbonyl (C=O) groups is 2. The van der Waals surface area contributed by atoms with Crippen LogP contribution in [0.15, 0.2) is 48.5 Å². The van der Waals surface area contributed by atoms with Gasteiger partial charge in [0.15, 0.2) is 0 Å². The number of nitrogens with one attached hydrogen (secondary N) is 2. The molecule has 1 aromatic heterocycles. The number of carbonyl (C=O) groups excluding carboxylic acids is 1. The molecule has 0 unspecified atom stereocenters. The first kappa shape index (κ1) is 16.4. The highest BCUT2D eigenvalue weighted by Gasteiger charge is 2.05. The molecule has 0 saturated carbocycles. The van der Waals surface area contributed by atoms with Gasteiger partial charge in [-0.3, -0.25) is 4.79 Å². The number of nitrogens with zero attached hydrogens (tertiary/aromatic N) is 1. The predicted octanol–water partition coefficient (Wildman–Crippen LogP) is 2.73. The third-order valence-electron chi connectivity index (χ3n) is 3.51. The number of aromatic amines is 1. The number of aromatic carboxylic acids is 1. The highest BCUT2D eigenvalue weighted by atomic mass is 19.1. The Morgan fingerprint density at radius 2 is 1.96 bits per heavy atom. The van der Waals surface area contributed by atoms with Crippen molar-refractivity contribution in [1.29, 1.82) is 0 Å². The van der Waals surface area contributed by atoms with Gasteiger partial charge in [0.05, 0.1) is 23.1 Å². The lowest BCUT2D eigenvalue weighted by molar-refractivity contribution is -0.116. The van der Waals surface area contributed by atoms with Crippen LogP contribution in [0.2, 0.25) is 0 Å². The van der Waals surface area contributed by atoms with Crippen LogP contribution in [0.1, 0.15) is 21.7 Å². The molecular weight excluding hydrogens is 325 g/mol. The maximum atomic E-state index is 13.1. The van der Waals surface area contributed by atoms with E-state index in [9.17, 15) is 14.0 Å². The maximum Gasteiger partial charge on any atom is 0.335 e. The van der Waals surface area contributed by atoms with Gasteiger partial charge in [0.2, 0.25) is 5.91 Å². The minimum atomic E-state index is -1.00. The third kappa shape index (κ3) is 4.08. The zero-order valence-corrected chi connectivity index (χ0v) is 13.0. The highest BCUT2D eigenvalue weighted by molar-refractivity contribution is 5.92. The SMILES string of the molecule is O=C(/C=C/c1ccc(C(=O)O)cc1)NCc1nc2ccc(F)cc2[nH]1. The second kappa shape index (κ2) is 6.96. The Hall–Kier alpha value is -3.48. The minimum absolute atomic E-state index is 0.178. The lowest BCUT2D eigenvalue weighted by atomic mass is 10.1. The fraction of sp³-hybridized carbons (Fsp3) is 0.0556. The van der Waals surface area contributed by atoms with Crippen LogP contribution in [0.4, 0.5) is 4.39 Å². The van der Waals surface area contributed by atoms with Crippen LogP contribution >= 0.6 is 0 Å². The Labute approximate surface area is 142 Å². The van der Waals surface area contributed by atoms with Crippen molar-refractivity contribution in [3.63, 3.8) is 0 Å². The summed E-state index contributed by atoms with van der Waals surface area (Å²) in [4.78, 5) is 29.8. The van der Waals surface area contributed by atoms with E-state index in [1.165, 1.54) is 30.3 Å². The average Bonchev–Trinajstić information content (AvgIpc) is 3.00. The normalized spacial score (nSPS) is 11.1. The Kier molecular flexibility index (Phi) is 4.56. The molecule has 0 fully saturated rings. The molecule has 6 nitrogen and oxygen atoms in total. The highest BCUT2D eigenvalue weighted by Crippen LogP contribution is 2.12. The smallest absolute Gasteiger partial charge is 0.335 e. The summed E-state index contributed by atoms with van der Waals surface area (Å²) in [5.74, 6) is -1.16. The molecule has 126 valence electrons. The largest absolute Gasteiger partial charge is 0.478 e. The molecule has 7 heteroatoms. The van der Waals surface area contributed by atoms with Gasteiger partial charge >= 0.3 is 5.97 Å². The summed E-state index contributed by atoms with van der Waals surface area (Å²) in [6.07, 6.45) is 2.92. The second-order valence-corrected chi connectivity index (χ2v) is 5.32. The summed E-state index contributed by atoms with van der Waals surface area (Å²) in [5, 5.41) is 11.5. The van der Waals surface area contributed by atoms with E-state index in [-0.39, 0.29) is 23.8 Å². The molecule has 1 amide bonds. The van der Waals surface area contributed by atoms with Crippen molar-refractivity contribution in [3.05, 3.63) is 71.3 Å². The molecule has 3 N–H and O–H groups in total. The van der Waals surface area contributed by atoms with Crippen LogP contribution < -0.4 is 5.32 Å². The van der Waals surface area contributed by atoms with Crippen molar-refractivity contribution in [1.82, 2.24) is 15.3 Å². The molecule has 0 spiro atoms. The number of fused-ring (bicyclic) bond motifs is 1. The first-order chi connectivity index (χ1) is 12.0. The molecule has 2 aromatic carbocycles. The number of hydrogen-bond acceptors (Lipinski definition) is 3. The molecule has 0 atom stereocenters. The van der Waals surface area contributed by atoms with Crippen molar-refractivity contribution < 1.29 is 19.1 Å². The van der Waals surface area contributed by atoms with Crippen LogP contribution in [0.25, 0.3) is 17.1 Å². The first-order valence-electron chi connectivity index (χ1n) is 7.45. The quantitative estimate of drug-likeness (QED) is 0.623. The molecular formula is C18H14FN3O3. The fourth-order valence-corrected chi connectivity index (χ4v) is 2.26. The van der Waals surface area contributed by atoms with E-state index in [0.717, 1.165) is 0 Å². The van der Waals surface area contributed by atoms with Gasteiger partial charge in [-0.15, -0.1) is 0 Å². The molecule has 1 heterocycles. The van der Waals surface area contributed by atoms with Crippen LogP contribution in [0, 0.1) is 5.82 Å². The molecule has 0 radical (unpaired) electrons. The number of H-pyrrole nitrogens is 1. The van der Waals surface area contributed by atoms with E-state index in [0.29, 0.717) is 22.4 Å². The lowest BCUT2D eigenvalue weighted by Crippen LogP contribution is -2.20. The Morgan fingerprint density at radius 3 is 2.68 bits per heavy atom. The number of halogens is 1. The maximum absolute atomic E-state index is 13.1. The van der Waals surface area contributed by atoms with Gasteiger partial charge < -0.3 is 15.4 Å². The number of hydrogen-bond donors (Lipinski definition) is 3. The van der Waals surface area contributed by atoms with E-state index in [1.807, 2.05) is 0 Å². The molecule has 0 aliphatic carbocycles. The van der Waals surface area contributed by atoms with Crippen molar-refractivity contribution in [2.75, 3.05) is 0 Å². The number of benzene rings is 2. The zero-order chi connectivity index (χ0) is 17.8. The van der Waals surface area contributed by atoms with Crippen molar-refractivity contribution in [2.45, 2.75) is 6.54 Å².